The molecule has 5 aliphatic heterocycles. The maximum absolute atomic E-state index is 13.4. The van der Waals surface area contributed by atoms with Crippen LogP contribution in [0.4, 0.5) is 0 Å². The molecule has 0 spiro atoms. The molecule has 6 aliphatic rings. The summed E-state index contributed by atoms with van der Waals surface area (Å²) >= 11 is 0. The van der Waals surface area contributed by atoms with Gasteiger partial charge in [0.05, 0.1) is 25.0 Å². The molecule has 1 aliphatic carbocycles. The first-order chi connectivity index (χ1) is 17.7. The number of ether oxygens (including phenoxy) is 6. The predicted octanol–water partition coefficient (Wildman–Crippen LogP) is 2.23. The van der Waals surface area contributed by atoms with Crippen molar-refractivity contribution in [1.82, 2.24) is 0 Å². The first kappa shape index (κ1) is 23.3. The smallest absolute Gasteiger partial charge is 0.344 e. The topological polar surface area (TPSA) is 124 Å². The van der Waals surface area contributed by atoms with Gasteiger partial charge in [0.2, 0.25) is 0 Å². The summed E-state index contributed by atoms with van der Waals surface area (Å²) in [5.41, 5.74) is -0.366. The lowest BCUT2D eigenvalue weighted by Gasteiger charge is -2.66. The second-order valence-electron chi connectivity index (χ2n) is 9.96. The van der Waals surface area contributed by atoms with Crippen molar-refractivity contribution in [2.24, 2.45) is 11.8 Å². The van der Waals surface area contributed by atoms with Crippen LogP contribution in [0.25, 0.3) is 0 Å². The van der Waals surface area contributed by atoms with Crippen molar-refractivity contribution in [1.29, 1.82) is 0 Å². The molecule has 0 N–H and O–H groups in total. The van der Waals surface area contributed by atoms with Gasteiger partial charge in [-0.25, -0.2) is 9.59 Å². The lowest BCUT2D eigenvalue weighted by Crippen LogP contribution is -2.75. The number of carbonyl (C=O) groups excluding carboxylic acids is 4. The number of carbonyl (C=O) groups is 4. The summed E-state index contributed by atoms with van der Waals surface area (Å²) < 4.78 is 32.8. The Hall–Kier alpha value is -4.08. The molecule has 1 fully saturated rings. The molecule has 0 unspecified atom stereocenters. The quantitative estimate of drug-likeness (QED) is 0.387. The Morgan fingerprint density at radius 1 is 0.649 bits per heavy atom. The van der Waals surface area contributed by atoms with Gasteiger partial charge in [-0.1, -0.05) is 26.0 Å². The molecule has 0 aromatic heterocycles. The van der Waals surface area contributed by atoms with E-state index in [1.165, 1.54) is 12.1 Å². The average Bonchev–Trinajstić information content (AvgIpc) is 2.84. The third kappa shape index (κ3) is 3.38. The number of rotatable bonds is 0. The molecule has 10 nitrogen and oxygen atoms in total. The van der Waals surface area contributed by atoms with E-state index in [2.05, 4.69) is 0 Å². The maximum Gasteiger partial charge on any atom is 0.344 e. The third-order valence-corrected chi connectivity index (χ3v) is 7.89. The van der Waals surface area contributed by atoms with Crippen LogP contribution < -0.4 is 18.9 Å². The Bertz CT molecular complexity index is 1240. The minimum Gasteiger partial charge on any atom is -0.482 e. The minimum absolute atomic E-state index is 0.0498. The van der Waals surface area contributed by atoms with E-state index in [0.29, 0.717) is 29.0 Å². The van der Waals surface area contributed by atoms with Gasteiger partial charge in [-0.15, -0.1) is 0 Å². The lowest BCUT2D eigenvalue weighted by molar-refractivity contribution is -0.184. The largest absolute Gasteiger partial charge is 0.482 e. The minimum atomic E-state index is -0.873. The zero-order valence-electron chi connectivity index (χ0n) is 20.2. The SMILES string of the molecule is CC12c3ccc4cc3OC(=O)C1C1(C)c3ccc(cc3OC(=O)C21)OCC(=O)OCCCOC(=O)CO4. The molecule has 192 valence electrons. The number of benzene rings is 2. The molecule has 2 aromatic carbocycles. The van der Waals surface area contributed by atoms with Crippen LogP contribution in [0.3, 0.4) is 0 Å². The highest BCUT2D eigenvalue weighted by Gasteiger charge is 2.77. The molecule has 0 saturated heterocycles. The number of hydrogen-bond donors (Lipinski definition) is 0. The summed E-state index contributed by atoms with van der Waals surface area (Å²) in [5, 5.41) is 0. The fourth-order valence-corrected chi connectivity index (χ4v) is 6.46. The van der Waals surface area contributed by atoms with E-state index in [1.54, 1.807) is 24.3 Å². The van der Waals surface area contributed by atoms with Crippen molar-refractivity contribution in [3.63, 3.8) is 0 Å². The van der Waals surface area contributed by atoms with Gasteiger partial charge in [-0.2, -0.15) is 0 Å². The van der Waals surface area contributed by atoms with Gasteiger partial charge in [-0.3, -0.25) is 9.59 Å². The Labute approximate surface area is 211 Å². The van der Waals surface area contributed by atoms with Crippen LogP contribution in [0.15, 0.2) is 36.4 Å². The van der Waals surface area contributed by atoms with E-state index < -0.39 is 46.5 Å². The molecule has 10 bridgehead atoms. The highest BCUT2D eigenvalue weighted by molar-refractivity contribution is 5.94. The lowest BCUT2D eigenvalue weighted by atomic mass is 9.35. The highest BCUT2D eigenvalue weighted by Crippen LogP contribution is 2.71. The molecule has 0 amide bonds. The Kier molecular flexibility index (Phi) is 5.18. The van der Waals surface area contributed by atoms with Crippen LogP contribution >= 0.6 is 0 Å². The van der Waals surface area contributed by atoms with Gasteiger partial charge in [0.15, 0.2) is 13.2 Å². The molecular weight excluding hydrogens is 484 g/mol. The molecule has 8 rings (SSSR count). The number of fused-ring (bicyclic) bond motifs is 2. The molecular formula is C27H24O10. The van der Waals surface area contributed by atoms with Crippen molar-refractivity contribution in [2.75, 3.05) is 26.4 Å². The number of hydrogen-bond acceptors (Lipinski definition) is 10. The van der Waals surface area contributed by atoms with Crippen LogP contribution in [-0.4, -0.2) is 50.3 Å². The fourth-order valence-electron chi connectivity index (χ4n) is 6.46. The van der Waals surface area contributed by atoms with Crippen molar-refractivity contribution in [2.45, 2.75) is 31.1 Å². The molecule has 5 heterocycles. The van der Waals surface area contributed by atoms with E-state index in [4.69, 9.17) is 28.4 Å². The van der Waals surface area contributed by atoms with Gasteiger partial charge in [0, 0.05) is 40.5 Å². The zero-order valence-corrected chi connectivity index (χ0v) is 20.2. The summed E-state index contributed by atoms with van der Waals surface area (Å²) in [6.07, 6.45) is 0.306. The third-order valence-electron chi connectivity index (χ3n) is 7.89. The Morgan fingerprint density at radius 2 is 1.08 bits per heavy atom. The van der Waals surface area contributed by atoms with Crippen LogP contribution in [0.1, 0.15) is 31.4 Å². The first-order valence-electron chi connectivity index (χ1n) is 12.0. The monoisotopic (exact) mass is 508 g/mol. The zero-order chi connectivity index (χ0) is 25.9. The fraction of sp³-hybridized carbons (Fsp3) is 0.407. The Morgan fingerprint density at radius 3 is 1.51 bits per heavy atom. The van der Waals surface area contributed by atoms with Crippen LogP contribution in [0.2, 0.25) is 0 Å². The van der Waals surface area contributed by atoms with E-state index in [0.717, 1.165) is 0 Å². The van der Waals surface area contributed by atoms with Crippen molar-refractivity contribution >= 4 is 23.9 Å². The van der Waals surface area contributed by atoms with Crippen molar-refractivity contribution in [3.05, 3.63) is 47.5 Å². The van der Waals surface area contributed by atoms with Crippen LogP contribution in [0, 0.1) is 11.8 Å². The second kappa shape index (κ2) is 8.22. The van der Waals surface area contributed by atoms with Gasteiger partial charge < -0.3 is 28.4 Å². The summed E-state index contributed by atoms with van der Waals surface area (Å²) in [6.45, 7) is 3.13. The summed E-state index contributed by atoms with van der Waals surface area (Å²) in [6, 6.07) is 9.93. The van der Waals surface area contributed by atoms with Gasteiger partial charge in [0.25, 0.3) is 0 Å². The molecule has 37 heavy (non-hydrogen) atoms. The van der Waals surface area contributed by atoms with Gasteiger partial charge >= 0.3 is 23.9 Å². The number of esters is 4. The van der Waals surface area contributed by atoms with Gasteiger partial charge in [0.1, 0.15) is 23.0 Å². The standard InChI is InChI=1S/C27H24O10/c1-26-16-6-4-14-10-18(16)36-24(30)22(26)27(2)17-7-5-15(11-19(17)37-25(31)23(26)27)35-13-21(29)33-9-3-8-32-20(28)12-34-14/h4-7,10-11,22-23H,3,8-9,12-13H2,1-2H3. The highest BCUT2D eigenvalue weighted by atomic mass is 16.6. The molecule has 0 atom stereocenters. The Balaban J connectivity index is 1.41. The first-order valence-corrected chi connectivity index (χ1v) is 12.0. The van der Waals surface area contributed by atoms with Crippen LogP contribution in [-0.2, 0) is 39.5 Å². The van der Waals surface area contributed by atoms with E-state index >= 15 is 0 Å². The van der Waals surface area contributed by atoms with Crippen molar-refractivity contribution < 1.29 is 47.6 Å². The maximum atomic E-state index is 13.4. The summed E-state index contributed by atoms with van der Waals surface area (Å²) in [7, 11) is 0. The van der Waals surface area contributed by atoms with E-state index in [9.17, 15) is 19.2 Å². The van der Waals surface area contributed by atoms with E-state index in [1.807, 2.05) is 13.8 Å². The molecule has 0 radical (unpaired) electrons. The molecule has 2 aromatic rings. The molecule has 10 heteroatoms. The van der Waals surface area contributed by atoms with Crippen molar-refractivity contribution in [3.8, 4) is 23.0 Å². The predicted molar refractivity (Wildman–Crippen MR) is 123 cm³/mol. The molecule has 1 saturated carbocycles. The summed E-state index contributed by atoms with van der Waals surface area (Å²) in [4.78, 5) is 50.8. The average molecular weight is 508 g/mol. The van der Waals surface area contributed by atoms with E-state index in [-0.39, 0.29) is 37.9 Å². The normalized spacial score (nSPS) is 30.5. The van der Waals surface area contributed by atoms with Gasteiger partial charge in [-0.05, 0) is 12.1 Å². The second-order valence-corrected chi connectivity index (χ2v) is 9.96. The van der Waals surface area contributed by atoms with Crippen LogP contribution in [0.5, 0.6) is 23.0 Å². The summed E-state index contributed by atoms with van der Waals surface area (Å²) in [5.74, 6) is -2.23.